The molecule has 2 rings (SSSR count). The Labute approximate surface area is 145 Å². The monoisotopic (exact) mass is 342 g/mol. The summed E-state index contributed by atoms with van der Waals surface area (Å²) in [7, 11) is 0. The number of hydrogen-bond donors (Lipinski definition) is 0. The lowest BCUT2D eigenvalue weighted by molar-refractivity contribution is -0.141. The molecular formula is C18H18N2O3S. The Kier molecular flexibility index (Phi) is 6.26. The molecule has 0 saturated heterocycles. The van der Waals surface area contributed by atoms with Crippen molar-refractivity contribution in [1.82, 2.24) is 9.88 Å². The van der Waals surface area contributed by atoms with Crippen LogP contribution in [0.15, 0.2) is 53.7 Å². The molecule has 1 aromatic heterocycles. The Hall–Kier alpha value is -2.47. The zero-order chi connectivity index (χ0) is 17.5. The fourth-order valence-electron chi connectivity index (χ4n) is 2.19. The number of benzene rings is 1. The highest BCUT2D eigenvalue weighted by molar-refractivity contribution is 7.99. The highest BCUT2D eigenvalue weighted by atomic mass is 32.2. The van der Waals surface area contributed by atoms with Gasteiger partial charge in [0.1, 0.15) is 5.03 Å². The second-order valence-electron chi connectivity index (χ2n) is 5.09. The van der Waals surface area contributed by atoms with Gasteiger partial charge in [0.25, 0.3) is 0 Å². The molecule has 2 aromatic rings. The van der Waals surface area contributed by atoms with Crippen molar-refractivity contribution < 1.29 is 14.4 Å². The van der Waals surface area contributed by atoms with Gasteiger partial charge in [0.15, 0.2) is 5.78 Å². The van der Waals surface area contributed by atoms with Crippen LogP contribution in [0.3, 0.4) is 0 Å². The molecule has 0 atom stereocenters. The first kappa shape index (κ1) is 17.9. The van der Waals surface area contributed by atoms with Gasteiger partial charge in [-0.05, 0) is 12.1 Å². The van der Waals surface area contributed by atoms with E-state index in [1.54, 1.807) is 30.5 Å². The Balaban J connectivity index is 2.11. The topological polar surface area (TPSA) is 67.3 Å². The van der Waals surface area contributed by atoms with Gasteiger partial charge in [-0.3, -0.25) is 19.3 Å². The van der Waals surface area contributed by atoms with Crippen LogP contribution in [0.2, 0.25) is 0 Å². The molecule has 0 radical (unpaired) electrons. The summed E-state index contributed by atoms with van der Waals surface area (Å²) in [5.74, 6) is -0.193. The molecular weight excluding hydrogens is 324 g/mol. The van der Waals surface area contributed by atoms with E-state index >= 15 is 0 Å². The third-order valence-corrected chi connectivity index (χ3v) is 4.35. The number of carbonyl (C=O) groups excluding carboxylic acids is 3. The van der Waals surface area contributed by atoms with Gasteiger partial charge in [-0.15, -0.1) is 11.8 Å². The molecule has 0 aliphatic rings. The lowest BCUT2D eigenvalue weighted by Crippen LogP contribution is -2.35. The Morgan fingerprint density at radius 2 is 1.67 bits per heavy atom. The van der Waals surface area contributed by atoms with Crippen LogP contribution in [0.4, 0.5) is 0 Å². The van der Waals surface area contributed by atoms with E-state index in [4.69, 9.17) is 0 Å². The summed E-state index contributed by atoms with van der Waals surface area (Å²) in [6.45, 7) is 3.00. The third-order valence-electron chi connectivity index (χ3n) is 3.37. The van der Waals surface area contributed by atoms with Gasteiger partial charge >= 0.3 is 0 Å². The summed E-state index contributed by atoms with van der Waals surface area (Å²) in [6.07, 6.45) is 1.62. The van der Waals surface area contributed by atoms with Crippen molar-refractivity contribution in [3.05, 3.63) is 59.8 Å². The van der Waals surface area contributed by atoms with E-state index in [1.807, 2.05) is 18.2 Å². The van der Waals surface area contributed by atoms with Crippen molar-refractivity contribution >= 4 is 29.4 Å². The number of hydrogen-bond acceptors (Lipinski definition) is 5. The normalized spacial score (nSPS) is 10.2. The summed E-state index contributed by atoms with van der Waals surface area (Å²) in [6, 6.07) is 12.5. The highest BCUT2D eigenvalue weighted by Gasteiger charge is 2.16. The quantitative estimate of drug-likeness (QED) is 0.596. The van der Waals surface area contributed by atoms with E-state index < -0.39 is 0 Å². The van der Waals surface area contributed by atoms with Crippen molar-refractivity contribution in [2.45, 2.75) is 18.9 Å². The van der Waals surface area contributed by atoms with Crippen LogP contribution in [0.5, 0.6) is 0 Å². The maximum atomic E-state index is 12.6. The van der Waals surface area contributed by atoms with Gasteiger partial charge < -0.3 is 0 Å². The van der Waals surface area contributed by atoms with E-state index in [9.17, 15) is 14.4 Å². The van der Waals surface area contributed by atoms with Crippen LogP contribution in [0.25, 0.3) is 0 Å². The Morgan fingerprint density at radius 3 is 2.29 bits per heavy atom. The minimum absolute atomic E-state index is 0.0961. The number of rotatable bonds is 6. The lowest BCUT2D eigenvalue weighted by Gasteiger charge is -2.16. The molecule has 1 heterocycles. The molecule has 0 spiro atoms. The molecule has 0 saturated carbocycles. The first-order valence-electron chi connectivity index (χ1n) is 7.47. The number of nitrogens with zero attached hydrogens (tertiary/aromatic N) is 2. The fraction of sp³-hybridized carbons (Fsp3) is 0.222. The van der Waals surface area contributed by atoms with Crippen LogP contribution in [-0.2, 0) is 9.59 Å². The molecule has 0 fully saturated rings. The second-order valence-corrected chi connectivity index (χ2v) is 6.17. The standard InChI is InChI=1S/C18H18N2O3S/c1-13(21)20(14(2)22)11-12-24-18-16(9-6-10-19-18)17(23)15-7-4-3-5-8-15/h3-10H,11-12H2,1-2H3. The molecule has 5 nitrogen and oxygen atoms in total. The van der Waals surface area contributed by atoms with E-state index in [-0.39, 0.29) is 24.1 Å². The first-order valence-corrected chi connectivity index (χ1v) is 8.45. The van der Waals surface area contributed by atoms with E-state index in [0.29, 0.717) is 21.9 Å². The van der Waals surface area contributed by atoms with Crippen LogP contribution in [0, 0.1) is 0 Å². The molecule has 0 N–H and O–H groups in total. The number of imide groups is 1. The summed E-state index contributed by atoms with van der Waals surface area (Å²) >= 11 is 1.36. The largest absolute Gasteiger partial charge is 0.289 e. The SMILES string of the molecule is CC(=O)N(CCSc1ncccc1C(=O)c1ccccc1)C(C)=O. The van der Waals surface area contributed by atoms with Crippen LogP contribution in [0.1, 0.15) is 29.8 Å². The minimum atomic E-state index is -0.287. The maximum absolute atomic E-state index is 12.6. The van der Waals surface area contributed by atoms with E-state index in [1.165, 1.54) is 30.5 Å². The van der Waals surface area contributed by atoms with Crippen molar-refractivity contribution in [2.24, 2.45) is 0 Å². The molecule has 0 aliphatic carbocycles. The van der Waals surface area contributed by atoms with Gasteiger partial charge in [0.2, 0.25) is 11.8 Å². The second kappa shape index (κ2) is 8.40. The number of amides is 2. The summed E-state index contributed by atoms with van der Waals surface area (Å²) in [5, 5.41) is 0.596. The molecule has 0 aliphatic heterocycles. The molecule has 24 heavy (non-hydrogen) atoms. The minimum Gasteiger partial charge on any atom is -0.289 e. The summed E-state index contributed by atoms with van der Waals surface area (Å²) in [5.41, 5.74) is 1.12. The Bertz CT molecular complexity index is 733. The van der Waals surface area contributed by atoms with E-state index in [2.05, 4.69) is 4.98 Å². The van der Waals surface area contributed by atoms with Crippen LogP contribution >= 0.6 is 11.8 Å². The Morgan fingerprint density at radius 1 is 1.00 bits per heavy atom. The van der Waals surface area contributed by atoms with Gasteiger partial charge in [-0.2, -0.15) is 0 Å². The number of pyridine rings is 1. The van der Waals surface area contributed by atoms with Gasteiger partial charge in [-0.25, -0.2) is 4.98 Å². The molecule has 0 bridgehead atoms. The molecule has 6 heteroatoms. The van der Waals surface area contributed by atoms with Gasteiger partial charge in [-0.1, -0.05) is 30.3 Å². The number of carbonyl (C=O) groups is 3. The van der Waals surface area contributed by atoms with Crippen LogP contribution in [-0.4, -0.2) is 39.8 Å². The highest BCUT2D eigenvalue weighted by Crippen LogP contribution is 2.22. The smallest absolute Gasteiger partial charge is 0.226 e. The predicted molar refractivity (Wildman–Crippen MR) is 92.9 cm³/mol. The summed E-state index contributed by atoms with van der Waals surface area (Å²) < 4.78 is 0. The first-order chi connectivity index (χ1) is 11.5. The zero-order valence-electron chi connectivity index (χ0n) is 13.6. The third kappa shape index (κ3) is 4.52. The van der Waals surface area contributed by atoms with Crippen molar-refractivity contribution in [2.75, 3.05) is 12.3 Å². The number of thioether (sulfide) groups is 1. The van der Waals surface area contributed by atoms with Gasteiger partial charge in [0.05, 0.1) is 5.56 Å². The average molecular weight is 342 g/mol. The molecule has 0 unspecified atom stereocenters. The van der Waals surface area contributed by atoms with Crippen molar-refractivity contribution in [1.29, 1.82) is 0 Å². The number of ketones is 1. The maximum Gasteiger partial charge on any atom is 0.226 e. The van der Waals surface area contributed by atoms with Crippen molar-refractivity contribution in [3.63, 3.8) is 0 Å². The molecule has 124 valence electrons. The van der Waals surface area contributed by atoms with Crippen LogP contribution < -0.4 is 0 Å². The molecule has 1 aromatic carbocycles. The number of aromatic nitrogens is 1. The molecule has 2 amide bonds. The zero-order valence-corrected chi connectivity index (χ0v) is 14.4. The average Bonchev–Trinajstić information content (AvgIpc) is 2.58. The van der Waals surface area contributed by atoms with Gasteiger partial charge in [0, 0.05) is 37.9 Å². The fourth-order valence-corrected chi connectivity index (χ4v) is 3.11. The van der Waals surface area contributed by atoms with Crippen molar-refractivity contribution in [3.8, 4) is 0 Å². The summed E-state index contributed by atoms with van der Waals surface area (Å²) in [4.78, 5) is 40.9. The lowest BCUT2D eigenvalue weighted by atomic mass is 10.1. The predicted octanol–water partition coefficient (Wildman–Crippen LogP) is 2.80. The van der Waals surface area contributed by atoms with E-state index in [0.717, 1.165) is 0 Å².